The van der Waals surface area contributed by atoms with Crippen LogP contribution < -0.4 is 5.73 Å². The molecule has 1 aromatic rings. The Balaban J connectivity index is 2.26. The van der Waals surface area contributed by atoms with Crippen LogP contribution in [0.15, 0.2) is 18.2 Å². The maximum absolute atomic E-state index is 12.8. The van der Waals surface area contributed by atoms with Crippen molar-refractivity contribution in [2.75, 3.05) is 13.2 Å². The van der Waals surface area contributed by atoms with Gasteiger partial charge in [-0.2, -0.15) is 0 Å². The van der Waals surface area contributed by atoms with Crippen LogP contribution in [0.3, 0.4) is 0 Å². The summed E-state index contributed by atoms with van der Waals surface area (Å²) in [6.07, 6.45) is 0.825. The molecule has 1 aliphatic rings. The van der Waals surface area contributed by atoms with Crippen molar-refractivity contribution in [2.24, 2.45) is 11.1 Å². The molecule has 1 saturated carbocycles. The molecule has 2 nitrogen and oxygen atoms in total. The van der Waals surface area contributed by atoms with Gasteiger partial charge in [0, 0.05) is 17.0 Å². The first-order valence-electron chi connectivity index (χ1n) is 4.89. The smallest absolute Gasteiger partial charge is 0.124 e. The summed E-state index contributed by atoms with van der Waals surface area (Å²) < 4.78 is 12.8. The lowest BCUT2D eigenvalue weighted by atomic mass is 10.00. The monoisotopic (exact) mass is 229 g/mol. The first-order valence-corrected chi connectivity index (χ1v) is 5.26. The van der Waals surface area contributed by atoms with Crippen LogP contribution in [0, 0.1) is 11.2 Å². The standard InChI is InChI=1S/C11H13ClFNO/c12-10-3-7(13)1-2-8(10)9-4-11(9,5-14)6-15/h1-3,9,15H,4-6,14H2. The van der Waals surface area contributed by atoms with E-state index in [9.17, 15) is 9.50 Å². The van der Waals surface area contributed by atoms with Crippen LogP contribution in [0.25, 0.3) is 0 Å². The molecule has 2 unspecified atom stereocenters. The highest BCUT2D eigenvalue weighted by molar-refractivity contribution is 6.31. The van der Waals surface area contributed by atoms with Gasteiger partial charge in [-0.3, -0.25) is 0 Å². The molecular weight excluding hydrogens is 217 g/mol. The van der Waals surface area contributed by atoms with Crippen LogP contribution in [0.2, 0.25) is 5.02 Å². The highest BCUT2D eigenvalue weighted by atomic mass is 35.5. The molecule has 15 heavy (non-hydrogen) atoms. The highest BCUT2D eigenvalue weighted by Gasteiger charge is 2.53. The van der Waals surface area contributed by atoms with Crippen LogP contribution in [0.1, 0.15) is 17.9 Å². The van der Waals surface area contributed by atoms with Crippen LogP contribution in [-0.2, 0) is 0 Å². The van der Waals surface area contributed by atoms with E-state index in [1.807, 2.05) is 0 Å². The number of benzene rings is 1. The quantitative estimate of drug-likeness (QED) is 0.832. The summed E-state index contributed by atoms with van der Waals surface area (Å²) in [5.41, 5.74) is 6.26. The van der Waals surface area contributed by atoms with E-state index in [4.69, 9.17) is 17.3 Å². The van der Waals surface area contributed by atoms with Gasteiger partial charge in [-0.05, 0) is 30.0 Å². The second-order valence-electron chi connectivity index (χ2n) is 4.15. The zero-order chi connectivity index (χ0) is 11.1. The van der Waals surface area contributed by atoms with Crippen molar-refractivity contribution in [3.63, 3.8) is 0 Å². The third-order valence-electron chi connectivity index (χ3n) is 3.25. The summed E-state index contributed by atoms with van der Waals surface area (Å²) in [5.74, 6) is -0.174. The summed E-state index contributed by atoms with van der Waals surface area (Å²) in [4.78, 5) is 0. The molecule has 1 fully saturated rings. The fourth-order valence-corrected chi connectivity index (χ4v) is 2.34. The second-order valence-corrected chi connectivity index (χ2v) is 4.55. The maximum atomic E-state index is 12.8. The topological polar surface area (TPSA) is 46.2 Å². The van der Waals surface area contributed by atoms with Crippen LogP contribution in [-0.4, -0.2) is 18.3 Å². The summed E-state index contributed by atoms with van der Waals surface area (Å²) in [6, 6.07) is 4.36. The van der Waals surface area contributed by atoms with E-state index < -0.39 is 0 Å². The van der Waals surface area contributed by atoms with Gasteiger partial charge in [-0.15, -0.1) is 0 Å². The minimum Gasteiger partial charge on any atom is -0.396 e. The first kappa shape index (κ1) is 10.9. The number of hydrogen-bond acceptors (Lipinski definition) is 2. The number of rotatable bonds is 3. The average Bonchev–Trinajstić information content (AvgIpc) is 2.93. The largest absolute Gasteiger partial charge is 0.396 e. The zero-order valence-corrected chi connectivity index (χ0v) is 8.97. The molecule has 0 saturated heterocycles. The average molecular weight is 230 g/mol. The lowest BCUT2D eigenvalue weighted by molar-refractivity contribution is 0.211. The van der Waals surface area contributed by atoms with Gasteiger partial charge in [-0.1, -0.05) is 17.7 Å². The second kappa shape index (κ2) is 3.74. The minimum absolute atomic E-state index is 0.0574. The molecule has 82 valence electrons. The van der Waals surface area contributed by atoms with E-state index in [-0.39, 0.29) is 23.8 Å². The number of nitrogens with two attached hydrogens (primary N) is 1. The Labute approximate surface area is 92.9 Å². The van der Waals surface area contributed by atoms with E-state index in [2.05, 4.69) is 0 Å². The molecule has 0 aromatic heterocycles. The first-order chi connectivity index (χ1) is 7.13. The molecule has 4 heteroatoms. The number of aliphatic hydroxyl groups is 1. The van der Waals surface area contributed by atoms with E-state index in [1.54, 1.807) is 6.07 Å². The lowest BCUT2D eigenvalue weighted by Gasteiger charge is -2.12. The number of hydrogen-bond donors (Lipinski definition) is 2. The van der Waals surface area contributed by atoms with E-state index in [0.29, 0.717) is 11.6 Å². The number of halogens is 2. The third kappa shape index (κ3) is 1.75. The minimum atomic E-state index is -0.341. The Morgan fingerprint density at radius 3 is 2.80 bits per heavy atom. The third-order valence-corrected chi connectivity index (χ3v) is 3.58. The fraction of sp³-hybridized carbons (Fsp3) is 0.455. The molecule has 0 heterocycles. The summed E-state index contributed by atoms with van der Waals surface area (Å²) in [6.45, 7) is 0.490. The molecule has 0 radical (unpaired) electrons. The Kier molecular flexibility index (Phi) is 2.71. The van der Waals surface area contributed by atoms with Crippen LogP contribution in [0.4, 0.5) is 4.39 Å². The molecule has 0 bridgehead atoms. The van der Waals surface area contributed by atoms with Crippen molar-refractivity contribution < 1.29 is 9.50 Å². The van der Waals surface area contributed by atoms with Gasteiger partial charge in [0.2, 0.25) is 0 Å². The maximum Gasteiger partial charge on any atom is 0.124 e. The van der Waals surface area contributed by atoms with Gasteiger partial charge in [-0.25, -0.2) is 4.39 Å². The van der Waals surface area contributed by atoms with Gasteiger partial charge >= 0.3 is 0 Å². The van der Waals surface area contributed by atoms with Gasteiger partial charge < -0.3 is 10.8 Å². The van der Waals surface area contributed by atoms with Crippen molar-refractivity contribution in [1.82, 2.24) is 0 Å². The van der Waals surface area contributed by atoms with Crippen molar-refractivity contribution in [2.45, 2.75) is 12.3 Å². The van der Waals surface area contributed by atoms with E-state index in [0.717, 1.165) is 12.0 Å². The molecule has 0 aliphatic heterocycles. The van der Waals surface area contributed by atoms with Crippen molar-refractivity contribution in [3.8, 4) is 0 Å². The SMILES string of the molecule is NCC1(CO)CC1c1ccc(F)cc1Cl. The molecule has 0 amide bonds. The molecule has 3 N–H and O–H groups in total. The fourth-order valence-electron chi connectivity index (χ4n) is 2.04. The zero-order valence-electron chi connectivity index (χ0n) is 8.21. The Bertz CT molecular complexity index is 379. The predicted molar refractivity (Wildman–Crippen MR) is 57.3 cm³/mol. The van der Waals surface area contributed by atoms with Crippen LogP contribution in [0.5, 0.6) is 0 Å². The van der Waals surface area contributed by atoms with E-state index in [1.165, 1.54) is 12.1 Å². The molecule has 1 aromatic carbocycles. The molecule has 2 rings (SSSR count). The van der Waals surface area contributed by atoms with Gasteiger partial charge in [0.15, 0.2) is 0 Å². The van der Waals surface area contributed by atoms with Gasteiger partial charge in [0.1, 0.15) is 5.82 Å². The Morgan fingerprint density at radius 1 is 1.60 bits per heavy atom. The van der Waals surface area contributed by atoms with Crippen molar-refractivity contribution >= 4 is 11.6 Å². The Morgan fingerprint density at radius 2 is 2.33 bits per heavy atom. The van der Waals surface area contributed by atoms with Gasteiger partial charge in [0.05, 0.1) is 6.61 Å². The Hall–Kier alpha value is -0.640. The summed E-state index contributed by atoms with van der Waals surface area (Å²) >= 11 is 5.94. The van der Waals surface area contributed by atoms with Gasteiger partial charge in [0.25, 0.3) is 0 Å². The van der Waals surface area contributed by atoms with E-state index >= 15 is 0 Å². The number of aliphatic hydroxyl groups excluding tert-OH is 1. The van der Waals surface area contributed by atoms with Crippen LogP contribution >= 0.6 is 11.6 Å². The summed E-state index contributed by atoms with van der Waals surface area (Å²) in [5, 5.41) is 9.66. The molecule has 0 spiro atoms. The molecular formula is C11H13ClFNO. The molecule has 2 atom stereocenters. The van der Waals surface area contributed by atoms with Crippen molar-refractivity contribution in [1.29, 1.82) is 0 Å². The highest BCUT2D eigenvalue weighted by Crippen LogP contribution is 2.59. The predicted octanol–water partition coefficient (Wildman–Crippen LogP) is 1.90. The molecule has 1 aliphatic carbocycles. The van der Waals surface area contributed by atoms with Crippen molar-refractivity contribution in [3.05, 3.63) is 34.6 Å². The summed E-state index contributed by atoms with van der Waals surface area (Å²) in [7, 11) is 0. The normalized spacial score (nSPS) is 29.2. The lowest BCUT2D eigenvalue weighted by Crippen LogP contribution is -2.21.